The van der Waals surface area contributed by atoms with Gasteiger partial charge in [0.05, 0.1) is 19.8 Å². The van der Waals surface area contributed by atoms with Gasteiger partial charge in [-0.1, -0.05) is 22.5 Å². The van der Waals surface area contributed by atoms with Crippen molar-refractivity contribution in [2.75, 3.05) is 20.8 Å². The Morgan fingerprint density at radius 1 is 1.38 bits per heavy atom. The Kier molecular flexibility index (Phi) is 5.21. The molecule has 0 aliphatic heterocycles. The smallest absolute Gasteiger partial charge is 0.224 e. The number of methoxy groups -OCH3 is 2. The van der Waals surface area contributed by atoms with E-state index in [4.69, 9.17) is 9.47 Å². The summed E-state index contributed by atoms with van der Waals surface area (Å²) in [6, 6.07) is 0. The molecule has 0 fully saturated rings. The lowest BCUT2D eigenvalue weighted by Gasteiger charge is -2.11. The van der Waals surface area contributed by atoms with E-state index in [-0.39, 0.29) is 0 Å². The van der Waals surface area contributed by atoms with E-state index in [0.717, 1.165) is 10.0 Å². The molecule has 0 aliphatic rings. The maximum atomic E-state index is 5.14. The molecule has 1 aromatic rings. The molecule has 88 valence electrons. The van der Waals surface area contributed by atoms with E-state index in [0.29, 0.717) is 24.8 Å². The third-order valence-electron chi connectivity index (χ3n) is 1.87. The van der Waals surface area contributed by atoms with E-state index in [1.54, 1.807) is 14.2 Å². The van der Waals surface area contributed by atoms with Crippen LogP contribution < -0.4 is 14.8 Å². The van der Waals surface area contributed by atoms with Crippen LogP contribution in [-0.4, -0.2) is 30.7 Å². The quantitative estimate of drug-likeness (QED) is 0.859. The third-order valence-corrected chi connectivity index (χ3v) is 2.15. The van der Waals surface area contributed by atoms with Crippen LogP contribution in [0.5, 0.6) is 11.8 Å². The topological polar surface area (TPSA) is 56.3 Å². The zero-order valence-corrected chi connectivity index (χ0v) is 10.9. The number of hydrogen-bond acceptors (Lipinski definition) is 5. The van der Waals surface area contributed by atoms with Gasteiger partial charge in [-0.15, -0.1) is 0 Å². The molecule has 1 N–H and O–H groups in total. The highest BCUT2D eigenvalue weighted by Gasteiger charge is 2.11. The lowest BCUT2D eigenvalue weighted by Crippen LogP contribution is -2.16. The third kappa shape index (κ3) is 3.46. The van der Waals surface area contributed by atoms with E-state index in [1.165, 1.54) is 6.33 Å². The minimum Gasteiger partial charge on any atom is -0.481 e. The summed E-state index contributed by atoms with van der Waals surface area (Å²) in [6.07, 6.45) is 1.41. The Labute approximate surface area is 103 Å². The summed E-state index contributed by atoms with van der Waals surface area (Å²) in [5, 5.41) is 3.16. The maximum absolute atomic E-state index is 5.14. The van der Waals surface area contributed by atoms with Gasteiger partial charge >= 0.3 is 0 Å². The molecule has 1 heterocycles. The molecule has 0 spiro atoms. The van der Waals surface area contributed by atoms with Gasteiger partial charge in [0.1, 0.15) is 6.33 Å². The van der Waals surface area contributed by atoms with Gasteiger partial charge in [-0.25, -0.2) is 9.97 Å². The van der Waals surface area contributed by atoms with Crippen molar-refractivity contribution >= 4 is 15.9 Å². The van der Waals surface area contributed by atoms with Crippen molar-refractivity contribution in [1.82, 2.24) is 15.3 Å². The van der Waals surface area contributed by atoms with Gasteiger partial charge in [-0.05, 0) is 0 Å². The number of nitrogens with one attached hydrogen (secondary N) is 1. The lowest BCUT2D eigenvalue weighted by molar-refractivity contribution is 0.360. The summed E-state index contributed by atoms with van der Waals surface area (Å²) in [5.74, 6) is 1.03. The van der Waals surface area contributed by atoms with Crippen LogP contribution in [0.2, 0.25) is 0 Å². The fourth-order valence-electron chi connectivity index (χ4n) is 1.21. The summed E-state index contributed by atoms with van der Waals surface area (Å²) in [5.41, 5.74) is 0.793. The first-order valence-corrected chi connectivity index (χ1v) is 5.44. The minimum atomic E-state index is 0.513. The molecule has 6 heteroatoms. The highest BCUT2D eigenvalue weighted by atomic mass is 79.9. The van der Waals surface area contributed by atoms with Crippen molar-refractivity contribution in [2.45, 2.75) is 6.54 Å². The molecule has 16 heavy (non-hydrogen) atoms. The van der Waals surface area contributed by atoms with Crippen LogP contribution in [0, 0.1) is 0 Å². The molecule has 5 nitrogen and oxygen atoms in total. The Morgan fingerprint density at radius 2 is 1.94 bits per heavy atom. The van der Waals surface area contributed by atoms with Crippen molar-refractivity contribution in [3.63, 3.8) is 0 Å². The van der Waals surface area contributed by atoms with E-state index < -0.39 is 0 Å². The minimum absolute atomic E-state index is 0.513. The van der Waals surface area contributed by atoms with E-state index in [1.807, 2.05) is 0 Å². The molecule has 0 radical (unpaired) electrons. The van der Waals surface area contributed by atoms with Gasteiger partial charge in [-0.3, -0.25) is 0 Å². The second-order valence-corrected chi connectivity index (χ2v) is 4.11. The maximum Gasteiger partial charge on any atom is 0.224 e. The number of ether oxygens (including phenoxy) is 2. The van der Waals surface area contributed by atoms with Gasteiger partial charge in [0.15, 0.2) is 0 Å². The van der Waals surface area contributed by atoms with Crippen molar-refractivity contribution in [3.05, 3.63) is 23.0 Å². The van der Waals surface area contributed by atoms with Crippen LogP contribution in [0.3, 0.4) is 0 Å². The largest absolute Gasteiger partial charge is 0.481 e. The average Bonchev–Trinajstić information content (AvgIpc) is 2.28. The first-order valence-electron chi connectivity index (χ1n) is 4.65. The molecule has 1 rings (SSSR count). The van der Waals surface area contributed by atoms with Gasteiger partial charge in [0, 0.05) is 17.6 Å². The number of halogens is 1. The van der Waals surface area contributed by atoms with E-state index in [9.17, 15) is 0 Å². The standard InChI is InChI=1S/C10H14BrN3O2/c1-7(11)4-12-5-8-9(15-2)13-6-14-10(8)16-3/h6,12H,1,4-5H2,2-3H3. The molecular weight excluding hydrogens is 274 g/mol. The summed E-state index contributed by atoms with van der Waals surface area (Å²) in [6.45, 7) is 4.94. The second kappa shape index (κ2) is 6.44. The molecule has 0 unspecified atom stereocenters. The fraction of sp³-hybridized carbons (Fsp3) is 0.400. The molecule has 0 bridgehead atoms. The van der Waals surface area contributed by atoms with Gasteiger partial charge in [-0.2, -0.15) is 0 Å². The molecule has 0 saturated heterocycles. The van der Waals surface area contributed by atoms with Gasteiger partial charge < -0.3 is 14.8 Å². The molecule has 0 saturated carbocycles. The molecular formula is C10H14BrN3O2. The number of rotatable bonds is 6. The van der Waals surface area contributed by atoms with Gasteiger partial charge in [0.2, 0.25) is 11.8 Å². The predicted molar refractivity (Wildman–Crippen MR) is 64.9 cm³/mol. The number of hydrogen-bond donors (Lipinski definition) is 1. The molecule has 0 aromatic carbocycles. The number of nitrogens with zero attached hydrogens (tertiary/aromatic N) is 2. The van der Waals surface area contributed by atoms with Crippen LogP contribution in [-0.2, 0) is 6.54 Å². The summed E-state index contributed by atoms with van der Waals surface area (Å²) >= 11 is 3.27. The fourth-order valence-corrected chi connectivity index (χ4v) is 1.41. The summed E-state index contributed by atoms with van der Waals surface area (Å²) in [4.78, 5) is 8.03. The Balaban J connectivity index is 2.78. The highest BCUT2D eigenvalue weighted by Crippen LogP contribution is 2.22. The van der Waals surface area contributed by atoms with Crippen molar-refractivity contribution in [3.8, 4) is 11.8 Å². The number of aromatic nitrogens is 2. The lowest BCUT2D eigenvalue weighted by atomic mass is 10.3. The van der Waals surface area contributed by atoms with E-state index in [2.05, 4.69) is 37.8 Å². The average molecular weight is 288 g/mol. The van der Waals surface area contributed by atoms with Gasteiger partial charge in [0.25, 0.3) is 0 Å². The van der Waals surface area contributed by atoms with Crippen LogP contribution in [0.25, 0.3) is 0 Å². The zero-order valence-electron chi connectivity index (χ0n) is 9.29. The summed E-state index contributed by atoms with van der Waals surface area (Å²) in [7, 11) is 3.13. The molecule has 0 aliphatic carbocycles. The Hall–Kier alpha value is -1.14. The van der Waals surface area contributed by atoms with Crippen LogP contribution in [0.4, 0.5) is 0 Å². The van der Waals surface area contributed by atoms with Crippen LogP contribution >= 0.6 is 15.9 Å². The molecule has 0 atom stereocenters. The molecule has 0 amide bonds. The zero-order chi connectivity index (χ0) is 12.0. The van der Waals surface area contributed by atoms with Crippen molar-refractivity contribution < 1.29 is 9.47 Å². The normalized spacial score (nSPS) is 9.94. The first-order chi connectivity index (χ1) is 7.69. The van der Waals surface area contributed by atoms with Crippen LogP contribution in [0.15, 0.2) is 17.4 Å². The first kappa shape index (κ1) is 12.9. The predicted octanol–water partition coefficient (Wildman–Crippen LogP) is 1.49. The Bertz CT molecular complexity index is 349. The van der Waals surface area contributed by atoms with Crippen molar-refractivity contribution in [2.24, 2.45) is 0 Å². The SMILES string of the molecule is C=C(Br)CNCc1c(OC)ncnc1OC. The Morgan fingerprint density at radius 3 is 2.38 bits per heavy atom. The highest BCUT2D eigenvalue weighted by molar-refractivity contribution is 9.11. The molecule has 1 aromatic heterocycles. The monoisotopic (exact) mass is 287 g/mol. The van der Waals surface area contributed by atoms with Crippen molar-refractivity contribution in [1.29, 1.82) is 0 Å². The van der Waals surface area contributed by atoms with Crippen LogP contribution in [0.1, 0.15) is 5.56 Å². The summed E-state index contributed by atoms with van der Waals surface area (Å²) < 4.78 is 11.2. The second-order valence-electron chi connectivity index (χ2n) is 2.99. The van der Waals surface area contributed by atoms with E-state index >= 15 is 0 Å².